The van der Waals surface area contributed by atoms with E-state index in [1.54, 1.807) is 6.92 Å². The van der Waals surface area contributed by atoms with Gasteiger partial charge in [-0.3, -0.25) is 0 Å². The van der Waals surface area contributed by atoms with Gasteiger partial charge in [-0.05, 0) is 37.0 Å². The summed E-state index contributed by atoms with van der Waals surface area (Å²) in [5.41, 5.74) is 2.62. The topological polar surface area (TPSA) is 0 Å². The van der Waals surface area contributed by atoms with Gasteiger partial charge in [-0.1, -0.05) is 28.9 Å². The fourth-order valence-electron chi connectivity index (χ4n) is 1.28. The van der Waals surface area contributed by atoms with Crippen molar-refractivity contribution in [1.29, 1.82) is 0 Å². The molecule has 0 aliphatic rings. The maximum absolute atomic E-state index is 13.4. The van der Waals surface area contributed by atoms with Crippen LogP contribution in [-0.2, 0) is 6.42 Å². The molecule has 1 aromatic rings. The van der Waals surface area contributed by atoms with Crippen LogP contribution in [0.4, 0.5) is 4.39 Å². The van der Waals surface area contributed by atoms with Crippen LogP contribution in [0.2, 0.25) is 0 Å². The molecule has 2 heteroatoms. The van der Waals surface area contributed by atoms with Gasteiger partial charge in [0.25, 0.3) is 0 Å². The second-order valence-corrected chi connectivity index (χ2v) is 3.75. The van der Waals surface area contributed by atoms with Gasteiger partial charge in [0.2, 0.25) is 0 Å². The Morgan fingerprint density at radius 3 is 2.50 bits per heavy atom. The van der Waals surface area contributed by atoms with Crippen LogP contribution in [0.25, 0.3) is 0 Å². The van der Waals surface area contributed by atoms with Crippen LogP contribution in [0.1, 0.15) is 23.6 Å². The van der Waals surface area contributed by atoms with E-state index in [1.165, 1.54) is 0 Å². The summed E-state index contributed by atoms with van der Waals surface area (Å²) in [5.74, 6) is -0.0741. The fourth-order valence-corrected chi connectivity index (χ4v) is 1.57. The van der Waals surface area contributed by atoms with Gasteiger partial charge in [0.15, 0.2) is 0 Å². The molecular weight excluding hydrogens is 219 g/mol. The van der Waals surface area contributed by atoms with E-state index in [2.05, 4.69) is 15.9 Å². The molecule has 0 amide bonds. The summed E-state index contributed by atoms with van der Waals surface area (Å²) in [6.07, 6.45) is 0.751. The number of benzene rings is 1. The monoisotopic (exact) mass is 230 g/mol. The highest BCUT2D eigenvalue weighted by Gasteiger charge is 2.09. The van der Waals surface area contributed by atoms with Crippen molar-refractivity contribution in [3.63, 3.8) is 0 Å². The highest BCUT2D eigenvalue weighted by atomic mass is 79.9. The molecule has 0 radical (unpaired) electrons. The standard InChI is InChI=1S/C10H12BrF/c1-4-8-5-6(2)9(11)7(3)10(8)12/h5H,4H2,1-3H3. The molecule has 0 aromatic heterocycles. The summed E-state index contributed by atoms with van der Waals surface area (Å²) in [4.78, 5) is 0. The average molecular weight is 231 g/mol. The van der Waals surface area contributed by atoms with Crippen molar-refractivity contribution in [3.05, 3.63) is 33.0 Å². The van der Waals surface area contributed by atoms with E-state index < -0.39 is 0 Å². The highest BCUT2D eigenvalue weighted by Crippen LogP contribution is 2.26. The molecule has 12 heavy (non-hydrogen) atoms. The Balaban J connectivity index is 3.39. The van der Waals surface area contributed by atoms with Crippen LogP contribution in [0.3, 0.4) is 0 Å². The molecule has 0 N–H and O–H groups in total. The van der Waals surface area contributed by atoms with Crippen LogP contribution in [0.5, 0.6) is 0 Å². The Bertz CT molecular complexity index is 305. The first kappa shape index (κ1) is 9.72. The molecule has 0 bridgehead atoms. The van der Waals surface area contributed by atoms with Crippen LogP contribution < -0.4 is 0 Å². The predicted octanol–water partition coefficient (Wildman–Crippen LogP) is 3.77. The summed E-state index contributed by atoms with van der Waals surface area (Å²) in [7, 11) is 0. The lowest BCUT2D eigenvalue weighted by molar-refractivity contribution is 0.601. The molecule has 0 aliphatic heterocycles. The number of aryl methyl sites for hydroxylation is 2. The van der Waals surface area contributed by atoms with Crippen molar-refractivity contribution in [1.82, 2.24) is 0 Å². The predicted molar refractivity (Wildman–Crippen MR) is 53.0 cm³/mol. The van der Waals surface area contributed by atoms with E-state index in [0.717, 1.165) is 22.0 Å². The summed E-state index contributed by atoms with van der Waals surface area (Å²) in [6.45, 7) is 5.74. The van der Waals surface area contributed by atoms with Crippen molar-refractivity contribution in [2.45, 2.75) is 27.2 Å². The van der Waals surface area contributed by atoms with E-state index in [1.807, 2.05) is 19.9 Å². The van der Waals surface area contributed by atoms with Gasteiger partial charge in [-0.15, -0.1) is 0 Å². The lowest BCUT2D eigenvalue weighted by atomic mass is 10.0. The number of hydrogen-bond acceptors (Lipinski definition) is 0. The van der Waals surface area contributed by atoms with E-state index in [4.69, 9.17) is 0 Å². The molecule has 0 spiro atoms. The molecule has 0 atom stereocenters. The summed E-state index contributed by atoms with van der Waals surface area (Å²) in [5, 5.41) is 0. The van der Waals surface area contributed by atoms with Crippen molar-refractivity contribution >= 4 is 15.9 Å². The maximum atomic E-state index is 13.4. The maximum Gasteiger partial charge on any atom is 0.130 e. The van der Waals surface area contributed by atoms with Gasteiger partial charge in [0.05, 0.1) is 0 Å². The molecule has 1 rings (SSSR count). The molecule has 0 saturated carbocycles. The van der Waals surface area contributed by atoms with E-state index >= 15 is 0 Å². The normalized spacial score (nSPS) is 10.4. The molecule has 0 nitrogen and oxygen atoms in total. The van der Waals surface area contributed by atoms with Crippen LogP contribution in [0, 0.1) is 19.7 Å². The lowest BCUT2D eigenvalue weighted by Crippen LogP contribution is -1.95. The van der Waals surface area contributed by atoms with Gasteiger partial charge in [-0.25, -0.2) is 4.39 Å². The van der Waals surface area contributed by atoms with E-state index in [-0.39, 0.29) is 5.82 Å². The quantitative estimate of drug-likeness (QED) is 0.690. The van der Waals surface area contributed by atoms with Gasteiger partial charge in [0.1, 0.15) is 5.82 Å². The highest BCUT2D eigenvalue weighted by molar-refractivity contribution is 9.10. The zero-order chi connectivity index (χ0) is 9.30. The number of rotatable bonds is 1. The molecule has 0 aliphatic carbocycles. The van der Waals surface area contributed by atoms with E-state index in [0.29, 0.717) is 5.56 Å². The summed E-state index contributed by atoms with van der Waals surface area (Å²) < 4.78 is 14.3. The molecule has 0 heterocycles. The Labute approximate surface area is 80.9 Å². The Hall–Kier alpha value is -0.370. The summed E-state index contributed by atoms with van der Waals surface area (Å²) in [6, 6.07) is 1.90. The zero-order valence-electron chi connectivity index (χ0n) is 7.54. The number of halogens is 2. The van der Waals surface area contributed by atoms with E-state index in [9.17, 15) is 4.39 Å². The van der Waals surface area contributed by atoms with Crippen molar-refractivity contribution in [2.24, 2.45) is 0 Å². The van der Waals surface area contributed by atoms with Crippen molar-refractivity contribution < 1.29 is 4.39 Å². The first-order chi connectivity index (χ1) is 5.57. The van der Waals surface area contributed by atoms with Gasteiger partial charge < -0.3 is 0 Å². The fraction of sp³-hybridized carbons (Fsp3) is 0.400. The van der Waals surface area contributed by atoms with Gasteiger partial charge >= 0.3 is 0 Å². The second kappa shape index (κ2) is 3.56. The van der Waals surface area contributed by atoms with Crippen molar-refractivity contribution in [3.8, 4) is 0 Å². The first-order valence-corrected chi connectivity index (χ1v) is 4.81. The lowest BCUT2D eigenvalue weighted by Gasteiger charge is -2.08. The van der Waals surface area contributed by atoms with Gasteiger partial charge in [-0.2, -0.15) is 0 Å². The molecule has 66 valence electrons. The van der Waals surface area contributed by atoms with Crippen LogP contribution in [0.15, 0.2) is 10.5 Å². The Kier molecular flexibility index (Phi) is 2.89. The Morgan fingerprint density at radius 1 is 1.42 bits per heavy atom. The molecule has 0 unspecified atom stereocenters. The third-order valence-electron chi connectivity index (χ3n) is 2.06. The smallest absolute Gasteiger partial charge is 0.130 e. The minimum atomic E-state index is -0.0741. The molecule has 0 saturated heterocycles. The van der Waals surface area contributed by atoms with Crippen LogP contribution >= 0.6 is 15.9 Å². The largest absolute Gasteiger partial charge is 0.206 e. The second-order valence-electron chi connectivity index (χ2n) is 2.96. The van der Waals surface area contributed by atoms with Gasteiger partial charge in [0, 0.05) is 4.47 Å². The molecule has 1 aromatic carbocycles. The molecular formula is C10H12BrF. The minimum absolute atomic E-state index is 0.0741. The van der Waals surface area contributed by atoms with Crippen LogP contribution in [-0.4, -0.2) is 0 Å². The molecule has 0 fully saturated rings. The third-order valence-corrected chi connectivity index (χ3v) is 3.28. The number of hydrogen-bond donors (Lipinski definition) is 0. The summed E-state index contributed by atoms with van der Waals surface area (Å²) >= 11 is 3.35. The Morgan fingerprint density at radius 2 is 2.00 bits per heavy atom. The minimum Gasteiger partial charge on any atom is -0.206 e. The zero-order valence-corrected chi connectivity index (χ0v) is 9.13. The van der Waals surface area contributed by atoms with Crippen molar-refractivity contribution in [2.75, 3.05) is 0 Å². The third kappa shape index (κ3) is 1.53. The SMILES string of the molecule is CCc1cc(C)c(Br)c(C)c1F. The first-order valence-electron chi connectivity index (χ1n) is 4.02. The average Bonchev–Trinajstić information content (AvgIpc) is 2.08.